The molecule has 0 aliphatic rings. The number of halogens is 1. The molecule has 4 heteroatoms. The van der Waals surface area contributed by atoms with Gasteiger partial charge >= 0.3 is 0 Å². The molecule has 0 aliphatic heterocycles. The third-order valence-electron chi connectivity index (χ3n) is 2.90. The standard InChI is InChI=1S/C15H23BrN2O/c1-11(2)7-8-18(4)10-15(19)17-14-6-5-12(3)9-13(14)16/h5-6,9,11H,7-8,10H2,1-4H3,(H,17,19). The number of hydrogen-bond donors (Lipinski definition) is 1. The monoisotopic (exact) mass is 326 g/mol. The van der Waals surface area contributed by atoms with Crippen molar-refractivity contribution in [3.63, 3.8) is 0 Å². The lowest BCUT2D eigenvalue weighted by atomic mass is 10.1. The highest BCUT2D eigenvalue weighted by atomic mass is 79.9. The highest BCUT2D eigenvalue weighted by molar-refractivity contribution is 9.10. The van der Waals surface area contributed by atoms with Crippen molar-refractivity contribution in [3.05, 3.63) is 28.2 Å². The summed E-state index contributed by atoms with van der Waals surface area (Å²) in [5.41, 5.74) is 1.99. The van der Waals surface area contributed by atoms with Gasteiger partial charge in [-0.05, 0) is 66.5 Å². The zero-order chi connectivity index (χ0) is 14.4. The van der Waals surface area contributed by atoms with Crippen molar-refractivity contribution in [2.24, 2.45) is 5.92 Å². The van der Waals surface area contributed by atoms with Crippen LogP contribution >= 0.6 is 15.9 Å². The number of carbonyl (C=O) groups is 1. The molecule has 1 aromatic carbocycles. The number of benzene rings is 1. The number of aryl methyl sites for hydroxylation is 1. The van der Waals surface area contributed by atoms with Gasteiger partial charge in [0.15, 0.2) is 0 Å². The number of nitrogens with one attached hydrogen (secondary N) is 1. The second-order valence-corrected chi connectivity index (χ2v) is 6.31. The zero-order valence-corrected chi connectivity index (χ0v) is 13.8. The maximum absolute atomic E-state index is 11.9. The van der Waals surface area contributed by atoms with Gasteiger partial charge in [-0.15, -0.1) is 0 Å². The topological polar surface area (TPSA) is 32.3 Å². The number of anilines is 1. The Balaban J connectivity index is 2.46. The Morgan fingerprint density at radius 2 is 2.11 bits per heavy atom. The number of hydrogen-bond acceptors (Lipinski definition) is 2. The molecule has 1 N–H and O–H groups in total. The summed E-state index contributed by atoms with van der Waals surface area (Å²) in [7, 11) is 1.98. The Labute approximate surface area is 124 Å². The van der Waals surface area contributed by atoms with E-state index >= 15 is 0 Å². The molecule has 1 amide bonds. The molecule has 0 saturated carbocycles. The van der Waals surface area contributed by atoms with Crippen molar-refractivity contribution < 1.29 is 4.79 Å². The Morgan fingerprint density at radius 3 is 2.68 bits per heavy atom. The summed E-state index contributed by atoms with van der Waals surface area (Å²) in [6.07, 6.45) is 1.11. The molecule has 0 radical (unpaired) electrons. The van der Waals surface area contributed by atoms with Gasteiger partial charge in [0.1, 0.15) is 0 Å². The Hall–Kier alpha value is -0.870. The minimum absolute atomic E-state index is 0.0239. The molecule has 19 heavy (non-hydrogen) atoms. The van der Waals surface area contributed by atoms with Gasteiger partial charge in [0.05, 0.1) is 12.2 Å². The highest BCUT2D eigenvalue weighted by Gasteiger charge is 2.09. The van der Waals surface area contributed by atoms with Crippen LogP contribution in [0.15, 0.2) is 22.7 Å². The summed E-state index contributed by atoms with van der Waals surface area (Å²) in [5, 5.41) is 2.93. The van der Waals surface area contributed by atoms with Gasteiger partial charge in [-0.3, -0.25) is 9.69 Å². The fourth-order valence-corrected chi connectivity index (χ4v) is 2.31. The maximum atomic E-state index is 11.9. The first-order chi connectivity index (χ1) is 8.88. The van der Waals surface area contributed by atoms with Gasteiger partial charge in [0, 0.05) is 4.47 Å². The van der Waals surface area contributed by atoms with E-state index in [1.165, 1.54) is 5.56 Å². The molecule has 0 spiro atoms. The van der Waals surface area contributed by atoms with Gasteiger partial charge in [0.25, 0.3) is 0 Å². The van der Waals surface area contributed by atoms with Crippen molar-refractivity contribution in [2.75, 3.05) is 25.5 Å². The molecule has 0 heterocycles. The fourth-order valence-electron chi connectivity index (χ4n) is 1.71. The molecular formula is C15H23BrN2O. The second-order valence-electron chi connectivity index (χ2n) is 5.45. The molecule has 0 unspecified atom stereocenters. The fraction of sp³-hybridized carbons (Fsp3) is 0.533. The number of amides is 1. The highest BCUT2D eigenvalue weighted by Crippen LogP contribution is 2.23. The molecule has 0 saturated heterocycles. The number of rotatable bonds is 6. The summed E-state index contributed by atoms with van der Waals surface area (Å²) in [6.45, 7) is 7.78. The van der Waals surface area contributed by atoms with Gasteiger partial charge in [0.2, 0.25) is 5.91 Å². The van der Waals surface area contributed by atoms with Crippen LogP contribution in [-0.4, -0.2) is 30.9 Å². The molecule has 0 bridgehead atoms. The SMILES string of the molecule is Cc1ccc(NC(=O)CN(C)CCC(C)C)c(Br)c1. The van der Waals surface area contributed by atoms with E-state index < -0.39 is 0 Å². The smallest absolute Gasteiger partial charge is 0.238 e. The molecule has 106 valence electrons. The summed E-state index contributed by atoms with van der Waals surface area (Å²) >= 11 is 3.46. The van der Waals surface area contributed by atoms with Gasteiger partial charge in [-0.25, -0.2) is 0 Å². The second kappa shape index (κ2) is 7.65. The number of carbonyl (C=O) groups excluding carboxylic acids is 1. The van der Waals surface area contributed by atoms with Crippen molar-refractivity contribution in [1.82, 2.24) is 4.90 Å². The van der Waals surface area contributed by atoms with Crippen LogP contribution in [0.2, 0.25) is 0 Å². The Bertz CT molecular complexity index is 432. The predicted octanol–water partition coefficient (Wildman–Crippen LogP) is 3.67. The summed E-state index contributed by atoms with van der Waals surface area (Å²) in [5.74, 6) is 0.688. The lowest BCUT2D eigenvalue weighted by Gasteiger charge is -2.17. The average molecular weight is 327 g/mol. The van der Waals surface area contributed by atoms with Crippen LogP contribution in [0.25, 0.3) is 0 Å². The lowest BCUT2D eigenvalue weighted by Crippen LogP contribution is -2.31. The van der Waals surface area contributed by atoms with E-state index in [4.69, 9.17) is 0 Å². The van der Waals surface area contributed by atoms with Gasteiger partial charge < -0.3 is 5.32 Å². The zero-order valence-electron chi connectivity index (χ0n) is 12.2. The van der Waals surface area contributed by atoms with E-state index in [1.54, 1.807) is 0 Å². The average Bonchev–Trinajstić information content (AvgIpc) is 2.30. The van der Waals surface area contributed by atoms with Crippen LogP contribution in [-0.2, 0) is 4.79 Å². The Kier molecular flexibility index (Phi) is 6.52. The minimum Gasteiger partial charge on any atom is -0.324 e. The van der Waals surface area contributed by atoms with Crippen molar-refractivity contribution in [1.29, 1.82) is 0 Å². The molecule has 0 aromatic heterocycles. The van der Waals surface area contributed by atoms with Crippen molar-refractivity contribution in [3.8, 4) is 0 Å². The molecular weight excluding hydrogens is 304 g/mol. The largest absolute Gasteiger partial charge is 0.324 e. The number of nitrogens with zero attached hydrogens (tertiary/aromatic N) is 1. The van der Waals surface area contributed by atoms with Crippen LogP contribution in [0, 0.1) is 12.8 Å². The molecule has 1 aromatic rings. The first-order valence-electron chi connectivity index (χ1n) is 6.63. The van der Waals surface area contributed by atoms with Crippen LogP contribution in [0.3, 0.4) is 0 Å². The van der Waals surface area contributed by atoms with Crippen molar-refractivity contribution >= 4 is 27.5 Å². The summed E-state index contributed by atoms with van der Waals surface area (Å²) in [6, 6.07) is 5.91. The summed E-state index contributed by atoms with van der Waals surface area (Å²) in [4.78, 5) is 14.0. The van der Waals surface area contributed by atoms with Crippen LogP contribution in [0.5, 0.6) is 0 Å². The maximum Gasteiger partial charge on any atom is 0.238 e. The quantitative estimate of drug-likeness (QED) is 0.864. The third-order valence-corrected chi connectivity index (χ3v) is 3.56. The van der Waals surface area contributed by atoms with Crippen LogP contribution < -0.4 is 5.32 Å². The minimum atomic E-state index is 0.0239. The molecule has 3 nitrogen and oxygen atoms in total. The first kappa shape index (κ1) is 16.2. The molecule has 0 fully saturated rings. The van der Waals surface area contributed by atoms with Crippen molar-refractivity contribution in [2.45, 2.75) is 27.2 Å². The van der Waals surface area contributed by atoms with E-state index in [9.17, 15) is 4.79 Å². The number of likely N-dealkylation sites (N-methyl/N-ethyl adjacent to an activating group) is 1. The lowest BCUT2D eigenvalue weighted by molar-refractivity contribution is -0.117. The first-order valence-corrected chi connectivity index (χ1v) is 7.42. The molecule has 0 atom stereocenters. The molecule has 0 aliphatic carbocycles. The van der Waals surface area contributed by atoms with E-state index in [0.717, 1.165) is 23.1 Å². The normalized spacial score (nSPS) is 11.1. The van der Waals surface area contributed by atoms with E-state index in [1.807, 2.05) is 32.2 Å². The predicted molar refractivity (Wildman–Crippen MR) is 84.5 cm³/mol. The van der Waals surface area contributed by atoms with Crippen LogP contribution in [0.1, 0.15) is 25.8 Å². The van der Waals surface area contributed by atoms with E-state index in [0.29, 0.717) is 12.5 Å². The Morgan fingerprint density at radius 1 is 1.42 bits per heavy atom. The molecule has 1 rings (SSSR count). The van der Waals surface area contributed by atoms with Gasteiger partial charge in [-0.1, -0.05) is 19.9 Å². The van der Waals surface area contributed by atoms with Crippen LogP contribution in [0.4, 0.5) is 5.69 Å². The van der Waals surface area contributed by atoms with E-state index in [2.05, 4.69) is 40.0 Å². The summed E-state index contributed by atoms with van der Waals surface area (Å²) < 4.78 is 0.922. The van der Waals surface area contributed by atoms with E-state index in [-0.39, 0.29) is 5.91 Å². The van der Waals surface area contributed by atoms with Gasteiger partial charge in [-0.2, -0.15) is 0 Å². The third kappa shape index (κ3) is 6.21.